The van der Waals surface area contributed by atoms with E-state index in [2.05, 4.69) is 0 Å². The molecule has 1 amide bonds. The number of ether oxygens (including phenoxy) is 1. The Labute approximate surface area is 146 Å². The van der Waals surface area contributed by atoms with E-state index in [0.717, 1.165) is 24.2 Å². The van der Waals surface area contributed by atoms with Gasteiger partial charge in [-0.3, -0.25) is 14.9 Å². The van der Waals surface area contributed by atoms with Crippen LogP contribution in [0.1, 0.15) is 40.4 Å². The summed E-state index contributed by atoms with van der Waals surface area (Å²) in [6.07, 6.45) is 1.79. The molecule has 0 aromatic heterocycles. The first-order valence-corrected chi connectivity index (χ1v) is 8.22. The number of nitro groups is 1. The molecular weight excluding hydrogens is 320 g/mol. The van der Waals surface area contributed by atoms with Crippen LogP contribution in [0.2, 0.25) is 0 Å². The lowest BCUT2D eigenvalue weighted by atomic mass is 10.0. The van der Waals surface area contributed by atoms with Gasteiger partial charge in [0.1, 0.15) is 5.75 Å². The lowest BCUT2D eigenvalue weighted by molar-refractivity contribution is -0.385. The summed E-state index contributed by atoms with van der Waals surface area (Å²) in [5, 5.41) is 11.1. The maximum Gasteiger partial charge on any atom is 0.273 e. The lowest BCUT2D eigenvalue weighted by Crippen LogP contribution is -2.31. The molecule has 3 rings (SSSR count). The van der Waals surface area contributed by atoms with Gasteiger partial charge in [-0.2, -0.15) is 0 Å². The molecule has 1 aliphatic rings. The summed E-state index contributed by atoms with van der Waals surface area (Å²) in [4.78, 5) is 25.5. The number of hydrogen-bond acceptors (Lipinski definition) is 4. The maximum atomic E-state index is 13.0. The minimum Gasteiger partial charge on any atom is -0.497 e. The highest BCUT2D eigenvalue weighted by Gasteiger charge is 2.32. The van der Waals surface area contributed by atoms with Gasteiger partial charge in [-0.05, 0) is 43.5 Å². The quantitative estimate of drug-likeness (QED) is 0.625. The van der Waals surface area contributed by atoms with Gasteiger partial charge in [0.15, 0.2) is 0 Å². The van der Waals surface area contributed by atoms with Crippen molar-refractivity contribution in [2.75, 3.05) is 13.7 Å². The van der Waals surface area contributed by atoms with Crippen LogP contribution in [0.15, 0.2) is 42.5 Å². The third kappa shape index (κ3) is 3.20. The first-order chi connectivity index (χ1) is 12.0. The van der Waals surface area contributed by atoms with E-state index in [1.807, 2.05) is 29.2 Å². The molecule has 1 heterocycles. The minimum absolute atomic E-state index is 0.0166. The summed E-state index contributed by atoms with van der Waals surface area (Å²) in [7, 11) is 1.62. The van der Waals surface area contributed by atoms with Crippen LogP contribution < -0.4 is 4.74 Å². The van der Waals surface area contributed by atoms with Crippen LogP contribution in [0, 0.1) is 17.0 Å². The van der Waals surface area contributed by atoms with Crippen LogP contribution in [-0.2, 0) is 0 Å². The van der Waals surface area contributed by atoms with Gasteiger partial charge in [-0.15, -0.1) is 0 Å². The molecule has 0 spiro atoms. The lowest BCUT2D eigenvalue weighted by Gasteiger charge is -2.26. The van der Waals surface area contributed by atoms with E-state index in [1.54, 1.807) is 26.2 Å². The van der Waals surface area contributed by atoms with Crippen molar-refractivity contribution >= 4 is 11.6 Å². The summed E-state index contributed by atoms with van der Waals surface area (Å²) in [6, 6.07) is 12.3. The average Bonchev–Trinajstić information content (AvgIpc) is 3.11. The first kappa shape index (κ1) is 17.0. The first-order valence-electron chi connectivity index (χ1n) is 8.22. The fourth-order valence-electron chi connectivity index (χ4n) is 3.39. The Morgan fingerprint density at radius 3 is 2.60 bits per heavy atom. The van der Waals surface area contributed by atoms with Crippen LogP contribution in [-0.4, -0.2) is 29.4 Å². The predicted octanol–water partition coefficient (Wildman–Crippen LogP) is 3.89. The molecule has 1 aliphatic heterocycles. The number of rotatable bonds is 4. The van der Waals surface area contributed by atoms with E-state index in [1.165, 1.54) is 6.07 Å². The van der Waals surface area contributed by atoms with Crippen molar-refractivity contribution in [3.05, 3.63) is 69.3 Å². The molecule has 2 aromatic carbocycles. The van der Waals surface area contributed by atoms with E-state index in [4.69, 9.17) is 4.74 Å². The zero-order chi connectivity index (χ0) is 18.0. The van der Waals surface area contributed by atoms with Crippen LogP contribution >= 0.6 is 0 Å². The molecule has 2 aromatic rings. The third-order valence-electron chi connectivity index (χ3n) is 4.75. The summed E-state index contributed by atoms with van der Waals surface area (Å²) in [5.74, 6) is 0.619. The molecule has 1 saturated heterocycles. The Balaban J connectivity index is 1.91. The topological polar surface area (TPSA) is 72.7 Å². The molecule has 25 heavy (non-hydrogen) atoms. The van der Waals surface area contributed by atoms with Gasteiger partial charge >= 0.3 is 0 Å². The second-order valence-corrected chi connectivity index (χ2v) is 6.14. The molecule has 6 heteroatoms. The molecule has 0 bridgehead atoms. The summed E-state index contributed by atoms with van der Waals surface area (Å²) >= 11 is 0. The molecular formula is C19H20N2O4. The van der Waals surface area contributed by atoms with Gasteiger partial charge in [-0.25, -0.2) is 0 Å². The van der Waals surface area contributed by atoms with Crippen LogP contribution in [0.5, 0.6) is 5.75 Å². The van der Waals surface area contributed by atoms with Crippen molar-refractivity contribution in [3.8, 4) is 5.75 Å². The number of nitro benzene ring substituents is 1. The zero-order valence-electron chi connectivity index (χ0n) is 14.3. The third-order valence-corrected chi connectivity index (χ3v) is 4.75. The van der Waals surface area contributed by atoms with Crippen LogP contribution in [0.4, 0.5) is 5.69 Å². The van der Waals surface area contributed by atoms with E-state index in [9.17, 15) is 14.9 Å². The molecule has 0 saturated carbocycles. The Bertz CT molecular complexity index is 802. The fraction of sp³-hybridized carbons (Fsp3) is 0.316. The molecule has 0 radical (unpaired) electrons. The van der Waals surface area contributed by atoms with E-state index in [0.29, 0.717) is 17.7 Å². The standard InChI is InChI=1S/C19H20N2O4/c1-13-16(5-3-6-17(13)21(23)24)19(22)20-12-4-7-18(20)14-8-10-15(25-2)11-9-14/h3,5-6,8-11,18H,4,7,12H2,1-2H3. The Hall–Kier alpha value is -2.89. The van der Waals surface area contributed by atoms with Crippen molar-refractivity contribution in [2.45, 2.75) is 25.8 Å². The smallest absolute Gasteiger partial charge is 0.273 e. The zero-order valence-corrected chi connectivity index (χ0v) is 14.3. The molecule has 1 atom stereocenters. The average molecular weight is 340 g/mol. The van der Waals surface area contributed by atoms with Crippen molar-refractivity contribution in [3.63, 3.8) is 0 Å². The molecule has 6 nitrogen and oxygen atoms in total. The van der Waals surface area contributed by atoms with Gasteiger partial charge in [0.05, 0.1) is 18.1 Å². The number of hydrogen-bond donors (Lipinski definition) is 0. The van der Waals surface area contributed by atoms with Crippen molar-refractivity contribution in [1.29, 1.82) is 0 Å². The minimum atomic E-state index is -0.447. The second-order valence-electron chi connectivity index (χ2n) is 6.14. The Morgan fingerprint density at radius 2 is 1.96 bits per heavy atom. The largest absolute Gasteiger partial charge is 0.497 e. The summed E-state index contributed by atoms with van der Waals surface area (Å²) in [6.45, 7) is 2.28. The number of carbonyl (C=O) groups excluding carboxylic acids is 1. The highest BCUT2D eigenvalue weighted by atomic mass is 16.6. The molecule has 0 aliphatic carbocycles. The molecule has 130 valence electrons. The second kappa shape index (κ2) is 6.93. The van der Waals surface area contributed by atoms with Gasteiger partial charge < -0.3 is 9.64 Å². The highest BCUT2D eigenvalue weighted by molar-refractivity contribution is 5.97. The SMILES string of the molecule is COc1ccc(C2CCCN2C(=O)c2cccc([N+](=O)[O-])c2C)cc1. The van der Waals surface area contributed by atoms with Crippen LogP contribution in [0.3, 0.4) is 0 Å². The van der Waals surface area contributed by atoms with E-state index >= 15 is 0 Å². The number of benzene rings is 2. The normalized spacial score (nSPS) is 16.7. The molecule has 1 fully saturated rings. The van der Waals surface area contributed by atoms with Crippen molar-refractivity contribution < 1.29 is 14.5 Å². The molecule has 0 N–H and O–H groups in total. The van der Waals surface area contributed by atoms with Crippen molar-refractivity contribution in [2.24, 2.45) is 0 Å². The monoisotopic (exact) mass is 340 g/mol. The number of amides is 1. The summed E-state index contributed by atoms with van der Waals surface area (Å²) in [5.41, 5.74) is 1.84. The number of methoxy groups -OCH3 is 1. The fourth-order valence-corrected chi connectivity index (χ4v) is 3.39. The number of likely N-dealkylation sites (tertiary alicyclic amines) is 1. The summed E-state index contributed by atoms with van der Waals surface area (Å²) < 4.78 is 5.18. The highest BCUT2D eigenvalue weighted by Crippen LogP contribution is 2.35. The van der Waals surface area contributed by atoms with E-state index < -0.39 is 4.92 Å². The van der Waals surface area contributed by atoms with Crippen molar-refractivity contribution in [1.82, 2.24) is 4.90 Å². The maximum absolute atomic E-state index is 13.0. The van der Waals surface area contributed by atoms with Crippen LogP contribution in [0.25, 0.3) is 0 Å². The van der Waals surface area contributed by atoms with Gasteiger partial charge in [0.25, 0.3) is 11.6 Å². The van der Waals surface area contributed by atoms with Gasteiger partial charge in [0.2, 0.25) is 0 Å². The predicted molar refractivity (Wildman–Crippen MR) is 93.8 cm³/mol. The number of nitrogens with zero attached hydrogens (tertiary/aromatic N) is 2. The van der Waals surface area contributed by atoms with Gasteiger partial charge in [0, 0.05) is 23.7 Å². The van der Waals surface area contributed by atoms with E-state index in [-0.39, 0.29) is 17.6 Å². The Kier molecular flexibility index (Phi) is 4.70. The number of carbonyl (C=O) groups is 1. The Morgan fingerprint density at radius 1 is 1.24 bits per heavy atom. The molecule has 1 unspecified atom stereocenters. The van der Waals surface area contributed by atoms with Gasteiger partial charge in [-0.1, -0.05) is 18.2 Å².